The molecule has 0 amide bonds. The number of nitrogens with two attached hydrogens (primary N) is 1. The van der Waals surface area contributed by atoms with E-state index in [-0.39, 0.29) is 0 Å². The lowest BCUT2D eigenvalue weighted by Gasteiger charge is -2.03. The summed E-state index contributed by atoms with van der Waals surface area (Å²) in [6.45, 7) is 0. The second-order valence-corrected chi connectivity index (χ2v) is 4.06. The fraction of sp³-hybridized carbons (Fsp3) is 0.0909. The summed E-state index contributed by atoms with van der Waals surface area (Å²) in [4.78, 5) is 8.07. The lowest BCUT2D eigenvalue weighted by atomic mass is 10.1. The first-order chi connectivity index (χ1) is 8.16. The standard InChI is InChI=1S/C11H9ClN4O/c1-16-9(10(12)15-11(16)13)6-2-3-7-8(4-6)17-5-14-7/h2-5H,1H3,(H2,13,15). The average molecular weight is 249 g/mol. The van der Waals surface area contributed by atoms with Crippen LogP contribution in [0.15, 0.2) is 29.0 Å². The largest absolute Gasteiger partial charge is 0.443 e. The van der Waals surface area contributed by atoms with Gasteiger partial charge in [0.05, 0.1) is 5.69 Å². The molecule has 3 rings (SSSR count). The van der Waals surface area contributed by atoms with Crippen LogP contribution in [0.3, 0.4) is 0 Å². The Balaban J connectivity index is 2.26. The van der Waals surface area contributed by atoms with Gasteiger partial charge in [0.15, 0.2) is 17.1 Å². The van der Waals surface area contributed by atoms with Gasteiger partial charge in [-0.2, -0.15) is 0 Å². The summed E-state index contributed by atoms with van der Waals surface area (Å²) in [7, 11) is 1.81. The molecule has 0 bridgehead atoms. The molecule has 3 aromatic rings. The molecule has 2 N–H and O–H groups in total. The maximum absolute atomic E-state index is 6.05. The predicted octanol–water partition coefficient (Wildman–Crippen LogP) is 2.46. The lowest BCUT2D eigenvalue weighted by Crippen LogP contribution is -1.98. The first kappa shape index (κ1) is 10.2. The third-order valence-electron chi connectivity index (χ3n) is 2.69. The summed E-state index contributed by atoms with van der Waals surface area (Å²) in [5, 5.41) is 0.379. The van der Waals surface area contributed by atoms with Gasteiger partial charge in [0.2, 0.25) is 5.95 Å². The molecule has 86 valence electrons. The Labute approximate surface area is 102 Å². The van der Waals surface area contributed by atoms with Gasteiger partial charge in [-0.1, -0.05) is 17.7 Å². The van der Waals surface area contributed by atoms with Gasteiger partial charge in [-0.15, -0.1) is 0 Å². The Morgan fingerprint density at radius 2 is 2.24 bits per heavy atom. The van der Waals surface area contributed by atoms with Crippen LogP contribution in [0.1, 0.15) is 0 Å². The molecule has 0 aliphatic heterocycles. The molecule has 5 nitrogen and oxygen atoms in total. The molecule has 0 radical (unpaired) electrons. The highest BCUT2D eigenvalue weighted by Crippen LogP contribution is 2.30. The van der Waals surface area contributed by atoms with Crippen LogP contribution in [0.5, 0.6) is 0 Å². The number of nitrogens with zero attached hydrogens (tertiary/aromatic N) is 3. The SMILES string of the molecule is Cn1c(N)nc(Cl)c1-c1ccc2ncoc2c1. The van der Waals surface area contributed by atoms with Crippen molar-refractivity contribution < 1.29 is 4.42 Å². The van der Waals surface area contributed by atoms with Gasteiger partial charge in [0.1, 0.15) is 5.52 Å². The van der Waals surface area contributed by atoms with Gasteiger partial charge in [-0.25, -0.2) is 9.97 Å². The van der Waals surface area contributed by atoms with Crippen molar-refractivity contribution in [1.82, 2.24) is 14.5 Å². The van der Waals surface area contributed by atoms with Crippen LogP contribution in [-0.4, -0.2) is 14.5 Å². The zero-order chi connectivity index (χ0) is 12.0. The lowest BCUT2D eigenvalue weighted by molar-refractivity contribution is 0.602. The van der Waals surface area contributed by atoms with E-state index in [4.69, 9.17) is 21.8 Å². The highest BCUT2D eigenvalue weighted by atomic mass is 35.5. The third kappa shape index (κ3) is 1.47. The third-order valence-corrected chi connectivity index (χ3v) is 2.96. The summed E-state index contributed by atoms with van der Waals surface area (Å²) in [6, 6.07) is 5.64. The van der Waals surface area contributed by atoms with Crippen molar-refractivity contribution in [3.63, 3.8) is 0 Å². The van der Waals surface area contributed by atoms with E-state index < -0.39 is 0 Å². The minimum absolute atomic E-state index is 0.377. The van der Waals surface area contributed by atoms with Crippen LogP contribution in [0.2, 0.25) is 5.15 Å². The molecule has 0 unspecified atom stereocenters. The summed E-state index contributed by atoms with van der Waals surface area (Å²) in [5.41, 5.74) is 8.88. The number of hydrogen-bond donors (Lipinski definition) is 1. The molecule has 6 heteroatoms. The molecule has 0 saturated carbocycles. The van der Waals surface area contributed by atoms with Crippen LogP contribution in [-0.2, 0) is 7.05 Å². The molecule has 2 aromatic heterocycles. The van der Waals surface area contributed by atoms with Crippen molar-refractivity contribution in [3.8, 4) is 11.3 Å². The van der Waals surface area contributed by atoms with Crippen molar-refractivity contribution in [2.45, 2.75) is 0 Å². The van der Waals surface area contributed by atoms with E-state index in [0.717, 1.165) is 16.8 Å². The van der Waals surface area contributed by atoms with E-state index in [1.807, 2.05) is 25.2 Å². The Morgan fingerprint density at radius 1 is 1.41 bits per heavy atom. The quantitative estimate of drug-likeness (QED) is 0.718. The number of anilines is 1. The zero-order valence-electron chi connectivity index (χ0n) is 9.01. The first-order valence-electron chi connectivity index (χ1n) is 4.98. The van der Waals surface area contributed by atoms with Crippen molar-refractivity contribution >= 4 is 28.6 Å². The number of benzene rings is 1. The number of oxazole rings is 1. The van der Waals surface area contributed by atoms with E-state index in [1.54, 1.807) is 4.57 Å². The van der Waals surface area contributed by atoms with Crippen molar-refractivity contribution in [2.75, 3.05) is 5.73 Å². The monoisotopic (exact) mass is 248 g/mol. The zero-order valence-corrected chi connectivity index (χ0v) is 9.77. The molecule has 2 heterocycles. The average Bonchev–Trinajstić information content (AvgIpc) is 2.84. The number of rotatable bonds is 1. The molecule has 0 aliphatic rings. The second kappa shape index (κ2) is 3.49. The van der Waals surface area contributed by atoms with E-state index in [9.17, 15) is 0 Å². The number of fused-ring (bicyclic) bond motifs is 1. The Morgan fingerprint density at radius 3 is 2.94 bits per heavy atom. The van der Waals surface area contributed by atoms with Gasteiger partial charge >= 0.3 is 0 Å². The van der Waals surface area contributed by atoms with Crippen molar-refractivity contribution in [1.29, 1.82) is 0 Å². The van der Waals surface area contributed by atoms with E-state index >= 15 is 0 Å². The fourth-order valence-electron chi connectivity index (χ4n) is 1.80. The summed E-state index contributed by atoms with van der Waals surface area (Å²) >= 11 is 6.05. The molecule has 0 aliphatic carbocycles. The molecular formula is C11H9ClN4O. The molecular weight excluding hydrogens is 240 g/mol. The molecule has 1 aromatic carbocycles. The number of halogens is 1. The maximum Gasteiger partial charge on any atom is 0.201 e. The molecule has 0 spiro atoms. The fourth-order valence-corrected chi connectivity index (χ4v) is 2.12. The summed E-state index contributed by atoms with van der Waals surface area (Å²) in [6.07, 6.45) is 1.41. The van der Waals surface area contributed by atoms with Crippen LogP contribution >= 0.6 is 11.6 Å². The van der Waals surface area contributed by atoms with E-state index in [1.165, 1.54) is 6.39 Å². The Kier molecular flexibility index (Phi) is 2.09. The minimum Gasteiger partial charge on any atom is -0.443 e. The van der Waals surface area contributed by atoms with Gasteiger partial charge in [-0.05, 0) is 12.1 Å². The number of nitrogen functional groups attached to an aromatic ring is 1. The van der Waals surface area contributed by atoms with Gasteiger partial charge in [0.25, 0.3) is 0 Å². The van der Waals surface area contributed by atoms with E-state index in [2.05, 4.69) is 9.97 Å². The molecule has 17 heavy (non-hydrogen) atoms. The molecule has 0 fully saturated rings. The first-order valence-corrected chi connectivity index (χ1v) is 5.36. The minimum atomic E-state index is 0.377. The highest BCUT2D eigenvalue weighted by molar-refractivity contribution is 6.32. The molecule has 0 saturated heterocycles. The van der Waals surface area contributed by atoms with Crippen molar-refractivity contribution in [2.24, 2.45) is 7.05 Å². The predicted molar refractivity (Wildman–Crippen MR) is 65.6 cm³/mol. The van der Waals surface area contributed by atoms with Crippen LogP contribution in [0.4, 0.5) is 5.95 Å². The van der Waals surface area contributed by atoms with Gasteiger partial charge in [-0.3, -0.25) is 0 Å². The number of aromatic nitrogens is 3. The van der Waals surface area contributed by atoms with Crippen LogP contribution in [0.25, 0.3) is 22.4 Å². The summed E-state index contributed by atoms with van der Waals surface area (Å²) in [5.74, 6) is 0.377. The number of hydrogen-bond acceptors (Lipinski definition) is 4. The van der Waals surface area contributed by atoms with Crippen LogP contribution < -0.4 is 5.73 Å². The Hall–Kier alpha value is -2.01. The van der Waals surface area contributed by atoms with Crippen molar-refractivity contribution in [3.05, 3.63) is 29.7 Å². The maximum atomic E-state index is 6.05. The normalized spacial score (nSPS) is 11.2. The second-order valence-electron chi connectivity index (χ2n) is 3.70. The Bertz CT molecular complexity index is 701. The summed E-state index contributed by atoms with van der Waals surface area (Å²) < 4.78 is 6.99. The highest BCUT2D eigenvalue weighted by Gasteiger charge is 2.14. The molecule has 0 atom stereocenters. The van der Waals surface area contributed by atoms with Crippen LogP contribution in [0, 0.1) is 0 Å². The number of imidazole rings is 1. The van der Waals surface area contributed by atoms with E-state index in [0.29, 0.717) is 16.7 Å². The van der Waals surface area contributed by atoms with Gasteiger partial charge < -0.3 is 14.7 Å². The smallest absolute Gasteiger partial charge is 0.201 e. The topological polar surface area (TPSA) is 69.9 Å². The van der Waals surface area contributed by atoms with Gasteiger partial charge in [0, 0.05) is 12.6 Å².